The van der Waals surface area contributed by atoms with Crippen LogP contribution in [0.5, 0.6) is 0 Å². The van der Waals surface area contributed by atoms with E-state index in [-0.39, 0.29) is 0 Å². The molecule has 0 atom stereocenters. The van der Waals surface area contributed by atoms with E-state index in [2.05, 4.69) is 19.1 Å². The fourth-order valence-electron chi connectivity index (χ4n) is 1.66. The van der Waals surface area contributed by atoms with Crippen molar-refractivity contribution in [1.29, 1.82) is 0 Å². The minimum Gasteiger partial charge on any atom is -0.326 e. The number of benzene rings is 2. The molecule has 0 aliphatic heterocycles. The summed E-state index contributed by atoms with van der Waals surface area (Å²) in [5.41, 5.74) is 8.16. The Labute approximate surface area is 111 Å². The third kappa shape index (κ3) is 2.83. The summed E-state index contributed by atoms with van der Waals surface area (Å²) in [4.78, 5) is 2.28. The summed E-state index contributed by atoms with van der Waals surface area (Å²) in [5, 5.41) is 0.781. The van der Waals surface area contributed by atoms with Gasteiger partial charge in [0.2, 0.25) is 0 Å². The fourth-order valence-corrected chi connectivity index (χ4v) is 2.95. The van der Waals surface area contributed by atoms with Crippen LogP contribution in [0, 0.1) is 6.92 Å². The van der Waals surface area contributed by atoms with Crippen molar-refractivity contribution in [3.63, 3.8) is 0 Å². The van der Waals surface area contributed by atoms with E-state index in [1.807, 2.05) is 30.3 Å². The van der Waals surface area contributed by atoms with Crippen molar-refractivity contribution in [3.05, 3.63) is 58.6 Å². The van der Waals surface area contributed by atoms with Gasteiger partial charge < -0.3 is 5.73 Å². The Bertz CT molecular complexity index is 525. The van der Waals surface area contributed by atoms with E-state index in [0.29, 0.717) is 6.54 Å². The largest absolute Gasteiger partial charge is 0.326 e. The summed E-state index contributed by atoms with van der Waals surface area (Å²) < 4.78 is 0. The third-order valence-corrected chi connectivity index (χ3v) is 4.37. The molecule has 0 fully saturated rings. The van der Waals surface area contributed by atoms with Gasteiger partial charge in [-0.3, -0.25) is 0 Å². The van der Waals surface area contributed by atoms with Crippen molar-refractivity contribution in [2.24, 2.45) is 5.73 Å². The molecule has 0 heterocycles. The van der Waals surface area contributed by atoms with E-state index in [0.717, 1.165) is 15.5 Å². The quantitative estimate of drug-likeness (QED) is 0.896. The van der Waals surface area contributed by atoms with Gasteiger partial charge in [-0.1, -0.05) is 53.7 Å². The molecule has 0 aromatic heterocycles. The standard InChI is InChI=1S/C14H14ClNS/c1-10-5-4-6-11(9-16)14(10)17-13-8-3-2-7-12(13)15/h2-8H,9,16H2,1H3. The molecule has 2 aromatic carbocycles. The van der Waals surface area contributed by atoms with Crippen LogP contribution in [-0.2, 0) is 6.54 Å². The average Bonchev–Trinajstić information content (AvgIpc) is 2.34. The molecule has 88 valence electrons. The van der Waals surface area contributed by atoms with E-state index in [1.54, 1.807) is 11.8 Å². The minimum absolute atomic E-state index is 0.550. The minimum atomic E-state index is 0.550. The lowest BCUT2D eigenvalue weighted by Gasteiger charge is -2.11. The maximum Gasteiger partial charge on any atom is 0.0545 e. The predicted molar refractivity (Wildman–Crippen MR) is 74.6 cm³/mol. The molecule has 0 saturated carbocycles. The first-order chi connectivity index (χ1) is 8.22. The molecule has 0 aliphatic carbocycles. The highest BCUT2D eigenvalue weighted by atomic mass is 35.5. The Kier molecular flexibility index (Phi) is 4.11. The number of halogens is 1. The molecular weight excluding hydrogens is 250 g/mol. The second kappa shape index (κ2) is 5.58. The second-order valence-corrected chi connectivity index (χ2v) is 5.26. The lowest BCUT2D eigenvalue weighted by Crippen LogP contribution is -1.99. The van der Waals surface area contributed by atoms with Gasteiger partial charge in [-0.05, 0) is 30.2 Å². The number of nitrogens with two attached hydrogens (primary N) is 1. The summed E-state index contributed by atoms with van der Waals surface area (Å²) >= 11 is 7.85. The lowest BCUT2D eigenvalue weighted by atomic mass is 10.1. The zero-order valence-corrected chi connectivity index (χ0v) is 11.2. The van der Waals surface area contributed by atoms with Gasteiger partial charge in [0.05, 0.1) is 5.02 Å². The zero-order valence-electron chi connectivity index (χ0n) is 9.61. The SMILES string of the molecule is Cc1cccc(CN)c1Sc1ccccc1Cl. The molecule has 17 heavy (non-hydrogen) atoms. The highest BCUT2D eigenvalue weighted by Gasteiger charge is 2.08. The van der Waals surface area contributed by atoms with E-state index in [4.69, 9.17) is 17.3 Å². The van der Waals surface area contributed by atoms with Crippen LogP contribution in [0.1, 0.15) is 11.1 Å². The van der Waals surface area contributed by atoms with Gasteiger partial charge in [0.1, 0.15) is 0 Å². The first-order valence-electron chi connectivity index (χ1n) is 5.43. The molecule has 0 unspecified atom stereocenters. The molecule has 2 rings (SSSR count). The van der Waals surface area contributed by atoms with Gasteiger partial charge in [0.15, 0.2) is 0 Å². The number of aryl methyl sites for hydroxylation is 1. The number of hydrogen-bond acceptors (Lipinski definition) is 2. The average molecular weight is 264 g/mol. The summed E-state index contributed by atoms with van der Waals surface area (Å²) in [7, 11) is 0. The molecule has 0 bridgehead atoms. The Morgan fingerprint density at radius 1 is 1.12 bits per heavy atom. The first kappa shape index (κ1) is 12.5. The highest BCUT2D eigenvalue weighted by molar-refractivity contribution is 7.99. The topological polar surface area (TPSA) is 26.0 Å². The molecule has 0 saturated heterocycles. The number of rotatable bonds is 3. The molecule has 0 aliphatic rings. The number of hydrogen-bond donors (Lipinski definition) is 1. The first-order valence-corrected chi connectivity index (χ1v) is 6.62. The summed E-state index contributed by atoms with van der Waals surface area (Å²) in [6.45, 7) is 2.65. The summed E-state index contributed by atoms with van der Waals surface area (Å²) in [5.74, 6) is 0. The molecule has 0 radical (unpaired) electrons. The maximum atomic E-state index is 6.17. The van der Waals surface area contributed by atoms with Crippen LogP contribution in [0.25, 0.3) is 0 Å². The normalized spacial score (nSPS) is 10.5. The van der Waals surface area contributed by atoms with Crippen molar-refractivity contribution in [3.8, 4) is 0 Å². The molecule has 1 nitrogen and oxygen atoms in total. The third-order valence-electron chi connectivity index (χ3n) is 2.56. The zero-order chi connectivity index (χ0) is 12.3. The van der Waals surface area contributed by atoms with Crippen LogP contribution >= 0.6 is 23.4 Å². The van der Waals surface area contributed by atoms with E-state index in [1.165, 1.54) is 10.5 Å². The van der Waals surface area contributed by atoms with Gasteiger partial charge in [-0.2, -0.15) is 0 Å². The predicted octanol–water partition coefficient (Wildman–Crippen LogP) is 4.26. The van der Waals surface area contributed by atoms with Gasteiger partial charge >= 0.3 is 0 Å². The molecule has 0 spiro atoms. The van der Waals surface area contributed by atoms with E-state index in [9.17, 15) is 0 Å². The Morgan fingerprint density at radius 3 is 2.59 bits per heavy atom. The smallest absolute Gasteiger partial charge is 0.0545 e. The van der Waals surface area contributed by atoms with Gasteiger partial charge in [0, 0.05) is 16.3 Å². The molecular formula is C14H14ClNS. The van der Waals surface area contributed by atoms with Gasteiger partial charge in [0.25, 0.3) is 0 Å². The van der Waals surface area contributed by atoms with Crippen LogP contribution in [0.4, 0.5) is 0 Å². The maximum absolute atomic E-state index is 6.17. The van der Waals surface area contributed by atoms with E-state index < -0.39 is 0 Å². The van der Waals surface area contributed by atoms with Gasteiger partial charge in [-0.15, -0.1) is 0 Å². The highest BCUT2D eigenvalue weighted by Crippen LogP contribution is 2.36. The van der Waals surface area contributed by atoms with Crippen molar-refractivity contribution in [2.45, 2.75) is 23.3 Å². The van der Waals surface area contributed by atoms with Crippen LogP contribution in [0.15, 0.2) is 52.3 Å². The van der Waals surface area contributed by atoms with Crippen LogP contribution in [0.3, 0.4) is 0 Å². The van der Waals surface area contributed by atoms with Crippen molar-refractivity contribution >= 4 is 23.4 Å². The lowest BCUT2D eigenvalue weighted by molar-refractivity contribution is 1.01. The van der Waals surface area contributed by atoms with Crippen LogP contribution < -0.4 is 5.73 Å². The van der Waals surface area contributed by atoms with Crippen molar-refractivity contribution in [1.82, 2.24) is 0 Å². The molecule has 2 aromatic rings. The molecule has 0 amide bonds. The van der Waals surface area contributed by atoms with Crippen molar-refractivity contribution < 1.29 is 0 Å². The van der Waals surface area contributed by atoms with Crippen LogP contribution in [-0.4, -0.2) is 0 Å². The Hall–Kier alpha value is -0.960. The molecule has 2 N–H and O–H groups in total. The second-order valence-electron chi connectivity index (χ2n) is 3.80. The fraction of sp³-hybridized carbons (Fsp3) is 0.143. The van der Waals surface area contributed by atoms with Crippen LogP contribution in [0.2, 0.25) is 5.02 Å². The summed E-state index contributed by atoms with van der Waals surface area (Å²) in [6, 6.07) is 14.1. The van der Waals surface area contributed by atoms with Crippen molar-refractivity contribution in [2.75, 3.05) is 0 Å². The Balaban J connectivity index is 2.39. The van der Waals surface area contributed by atoms with Gasteiger partial charge in [-0.25, -0.2) is 0 Å². The van der Waals surface area contributed by atoms with E-state index >= 15 is 0 Å². The summed E-state index contributed by atoms with van der Waals surface area (Å²) in [6.07, 6.45) is 0. The monoisotopic (exact) mass is 263 g/mol. The Morgan fingerprint density at radius 2 is 1.88 bits per heavy atom. The molecule has 3 heteroatoms.